The number of esters is 1. The van der Waals surface area contributed by atoms with Crippen molar-refractivity contribution in [3.63, 3.8) is 0 Å². The summed E-state index contributed by atoms with van der Waals surface area (Å²) in [5, 5.41) is 0. The van der Waals surface area contributed by atoms with Gasteiger partial charge in [-0.15, -0.1) is 0 Å². The summed E-state index contributed by atoms with van der Waals surface area (Å²) in [6, 6.07) is 6.87. The van der Waals surface area contributed by atoms with Crippen LogP contribution in [0.15, 0.2) is 24.3 Å². The van der Waals surface area contributed by atoms with E-state index in [1.807, 2.05) is 0 Å². The number of hydrogen-bond donors (Lipinski definition) is 0. The van der Waals surface area contributed by atoms with Crippen LogP contribution in [0.25, 0.3) is 0 Å². The Kier molecular flexibility index (Phi) is 5.90. The predicted octanol–water partition coefficient (Wildman–Crippen LogP) is 0.585. The van der Waals surface area contributed by atoms with Crippen LogP contribution in [0.4, 0.5) is 0 Å². The van der Waals surface area contributed by atoms with Gasteiger partial charge < -0.3 is 0 Å². The van der Waals surface area contributed by atoms with E-state index in [-0.39, 0.29) is 12.1 Å². The molecule has 3 fully saturated rings. The summed E-state index contributed by atoms with van der Waals surface area (Å²) < 4.78 is 27.7. The van der Waals surface area contributed by atoms with Crippen LogP contribution in [0.5, 0.6) is 5.75 Å². The molecule has 125 valence electrons. The monoisotopic (exact) mass is 384 g/mol. The van der Waals surface area contributed by atoms with Crippen molar-refractivity contribution >= 4 is 21.3 Å². The molecule has 7 nitrogen and oxygen atoms in total. The van der Waals surface area contributed by atoms with Crippen LogP contribution in [-0.2, 0) is 16.0 Å². The topological polar surface area (TPSA) is 66.5 Å². The van der Waals surface area contributed by atoms with E-state index >= 15 is 0 Å². The van der Waals surface area contributed by atoms with Crippen LogP contribution in [0.3, 0.4) is 0 Å². The average molecular weight is 383 g/mol. The molecule has 1 radical (unpaired) electrons. The van der Waals surface area contributed by atoms with E-state index in [9.17, 15) is 4.79 Å². The number of carbonyl (C=O) groups excluding carboxylic acids is 1. The molecule has 0 aromatic heterocycles. The van der Waals surface area contributed by atoms with Crippen LogP contribution < -0.4 is 4.74 Å². The first-order valence-electron chi connectivity index (χ1n) is 7.57. The zero-order chi connectivity index (χ0) is 16.1. The van der Waals surface area contributed by atoms with Gasteiger partial charge in [0.1, 0.15) is 0 Å². The van der Waals surface area contributed by atoms with E-state index in [2.05, 4.69) is 9.64 Å². The fourth-order valence-electron chi connectivity index (χ4n) is 2.46. The van der Waals surface area contributed by atoms with Crippen molar-refractivity contribution in [1.82, 2.24) is 4.90 Å². The molecule has 1 aromatic rings. The first-order valence-corrected chi connectivity index (χ1v) is 10.1. The Morgan fingerprint density at radius 3 is 2.61 bits per heavy atom. The molecule has 0 aliphatic carbocycles. The summed E-state index contributed by atoms with van der Waals surface area (Å²) in [7, 11) is 1.36. The quantitative estimate of drug-likeness (QED) is 0.557. The zero-order valence-corrected chi connectivity index (χ0v) is 15.1. The van der Waals surface area contributed by atoms with Gasteiger partial charge in [0.05, 0.1) is 0 Å². The SMILES string of the molecule is COC(=O)c1ccc(OCC2CN3CC[O][Ge]([O]CC3)[O]2)cc1. The summed E-state index contributed by atoms with van der Waals surface area (Å²) in [6.07, 6.45) is -0.0640. The minimum atomic E-state index is -2.32. The molecular formula is C15H20GeNO6. The van der Waals surface area contributed by atoms with Crippen molar-refractivity contribution in [3.8, 4) is 5.75 Å². The third-order valence-electron chi connectivity index (χ3n) is 3.69. The maximum atomic E-state index is 11.4. The molecule has 1 unspecified atom stereocenters. The van der Waals surface area contributed by atoms with Crippen LogP contribution in [-0.4, -0.2) is 78.9 Å². The Morgan fingerprint density at radius 1 is 1.26 bits per heavy atom. The van der Waals surface area contributed by atoms with Gasteiger partial charge in [-0.25, -0.2) is 0 Å². The van der Waals surface area contributed by atoms with Crippen molar-refractivity contribution in [2.45, 2.75) is 6.10 Å². The van der Waals surface area contributed by atoms with E-state index in [0.717, 1.165) is 19.6 Å². The van der Waals surface area contributed by atoms with Gasteiger partial charge in [-0.05, 0) is 0 Å². The van der Waals surface area contributed by atoms with E-state index in [0.29, 0.717) is 31.1 Å². The number of methoxy groups -OCH3 is 1. The van der Waals surface area contributed by atoms with Gasteiger partial charge in [0.15, 0.2) is 0 Å². The van der Waals surface area contributed by atoms with Crippen molar-refractivity contribution in [3.05, 3.63) is 29.8 Å². The van der Waals surface area contributed by atoms with Crippen molar-refractivity contribution in [1.29, 1.82) is 0 Å². The number of carbonyl (C=O) groups is 1. The Morgan fingerprint density at radius 2 is 1.96 bits per heavy atom. The molecule has 1 aromatic carbocycles. The molecular weight excluding hydrogens is 363 g/mol. The Balaban J connectivity index is 1.55. The fourth-order valence-corrected chi connectivity index (χ4v) is 4.88. The fraction of sp³-hybridized carbons (Fsp3) is 0.533. The normalized spacial score (nSPS) is 25.3. The maximum absolute atomic E-state index is 11.4. The molecule has 8 heteroatoms. The molecule has 4 rings (SSSR count). The average Bonchev–Trinajstić information content (AvgIpc) is 2.52. The molecule has 3 aliphatic heterocycles. The van der Waals surface area contributed by atoms with E-state index in [1.165, 1.54) is 7.11 Å². The summed E-state index contributed by atoms with van der Waals surface area (Å²) in [6.45, 7) is 4.43. The van der Waals surface area contributed by atoms with Crippen LogP contribution >= 0.6 is 0 Å². The standard InChI is InChI=1S/C15H20GeNO6/c1-19-15(18)12-2-4-13(5-3-12)20-11-14-10-17-6-8-21-16(23-14)22-9-7-17/h2-5,14H,6-11H2,1H3. The molecule has 0 spiro atoms. The van der Waals surface area contributed by atoms with Crippen molar-refractivity contribution < 1.29 is 25.6 Å². The zero-order valence-electron chi connectivity index (χ0n) is 13.0. The van der Waals surface area contributed by atoms with Crippen molar-refractivity contribution in [2.75, 3.05) is 46.6 Å². The second-order valence-corrected chi connectivity index (χ2v) is 8.07. The Labute approximate surface area is 140 Å². The Bertz CT molecular complexity index is 501. The number of hydrogen-bond acceptors (Lipinski definition) is 7. The second-order valence-electron chi connectivity index (χ2n) is 5.31. The van der Waals surface area contributed by atoms with Crippen LogP contribution in [0.1, 0.15) is 10.4 Å². The first-order chi connectivity index (χ1) is 11.2. The molecule has 0 amide bonds. The van der Waals surface area contributed by atoms with Crippen LogP contribution in [0.2, 0.25) is 0 Å². The van der Waals surface area contributed by atoms with E-state index in [1.54, 1.807) is 24.3 Å². The molecule has 3 saturated heterocycles. The number of ether oxygens (including phenoxy) is 2. The molecule has 3 aliphatic rings. The minimum absolute atomic E-state index is 0.0640. The molecule has 23 heavy (non-hydrogen) atoms. The van der Waals surface area contributed by atoms with Crippen molar-refractivity contribution in [2.24, 2.45) is 0 Å². The summed E-state index contributed by atoms with van der Waals surface area (Å²) >= 11 is -2.32. The van der Waals surface area contributed by atoms with Gasteiger partial charge in [-0.3, -0.25) is 0 Å². The van der Waals surface area contributed by atoms with Gasteiger partial charge in [-0.2, -0.15) is 0 Å². The first kappa shape index (κ1) is 16.7. The summed E-state index contributed by atoms with van der Waals surface area (Å²) in [4.78, 5) is 13.7. The molecule has 0 saturated carbocycles. The van der Waals surface area contributed by atoms with Crippen LogP contribution in [0, 0.1) is 0 Å². The van der Waals surface area contributed by atoms with E-state index in [4.69, 9.17) is 16.0 Å². The van der Waals surface area contributed by atoms with Gasteiger partial charge in [-0.1, -0.05) is 0 Å². The number of benzene rings is 1. The number of rotatable bonds is 4. The third kappa shape index (κ3) is 4.68. The Hall–Kier alpha value is -1.13. The second kappa shape index (κ2) is 8.11. The molecule has 3 heterocycles. The predicted molar refractivity (Wildman–Crippen MR) is 82.2 cm³/mol. The van der Waals surface area contributed by atoms with E-state index < -0.39 is 15.4 Å². The van der Waals surface area contributed by atoms with Gasteiger partial charge in [0, 0.05) is 0 Å². The summed E-state index contributed by atoms with van der Waals surface area (Å²) in [5.74, 6) is 0.331. The number of nitrogens with zero attached hydrogens (tertiary/aromatic N) is 1. The summed E-state index contributed by atoms with van der Waals surface area (Å²) in [5.41, 5.74) is 0.499. The van der Waals surface area contributed by atoms with Gasteiger partial charge in [0.25, 0.3) is 0 Å². The number of fused-ring (bicyclic) bond motifs is 6. The molecule has 1 atom stereocenters. The van der Waals surface area contributed by atoms with Gasteiger partial charge in [0.2, 0.25) is 0 Å². The molecule has 2 bridgehead atoms. The molecule has 0 N–H and O–H groups in total. The third-order valence-corrected chi connectivity index (χ3v) is 6.64. The van der Waals surface area contributed by atoms with Gasteiger partial charge >= 0.3 is 140 Å².